The van der Waals surface area contributed by atoms with Crippen LogP contribution in [0.15, 0.2) is 158 Å². The van der Waals surface area contributed by atoms with E-state index in [4.69, 9.17) is 15.0 Å². The highest BCUT2D eigenvalue weighted by atomic mass is 14.9. The quantitative estimate of drug-likeness (QED) is 0.196. The van der Waals surface area contributed by atoms with E-state index in [1.54, 1.807) is 0 Å². The molecule has 0 bridgehead atoms. The Bertz CT molecular complexity index is 2200. The van der Waals surface area contributed by atoms with E-state index in [1.807, 2.05) is 60.8 Å². The Kier molecular flexibility index (Phi) is 6.43. The van der Waals surface area contributed by atoms with Gasteiger partial charge in [0.1, 0.15) is 0 Å². The molecule has 4 heteroatoms. The zero-order valence-corrected chi connectivity index (χ0v) is 23.8. The van der Waals surface area contributed by atoms with Crippen molar-refractivity contribution in [1.29, 1.82) is 0 Å². The third-order valence-electron chi connectivity index (χ3n) is 7.93. The van der Waals surface area contributed by atoms with Gasteiger partial charge < -0.3 is 0 Å². The van der Waals surface area contributed by atoms with Crippen LogP contribution in [0, 0.1) is 0 Å². The van der Waals surface area contributed by atoms with Crippen LogP contribution < -0.4 is 0 Å². The molecule has 0 spiro atoms. The molecule has 0 N–H and O–H groups in total. The van der Waals surface area contributed by atoms with Crippen molar-refractivity contribution < 1.29 is 0 Å². The van der Waals surface area contributed by atoms with E-state index in [2.05, 4.69) is 102 Å². The number of hydrogen-bond donors (Lipinski definition) is 0. The molecule has 44 heavy (non-hydrogen) atoms. The number of hydrogen-bond acceptors (Lipinski definition) is 4. The van der Waals surface area contributed by atoms with E-state index >= 15 is 0 Å². The minimum absolute atomic E-state index is 0.713. The van der Waals surface area contributed by atoms with Crippen molar-refractivity contribution in [2.45, 2.75) is 0 Å². The second-order valence-electron chi connectivity index (χ2n) is 10.8. The smallest absolute Gasteiger partial charge is 0.160 e. The van der Waals surface area contributed by atoms with E-state index in [1.165, 1.54) is 0 Å². The lowest BCUT2D eigenvalue weighted by molar-refractivity contribution is 1.18. The topological polar surface area (TPSA) is 51.6 Å². The number of benzene rings is 5. The predicted molar refractivity (Wildman–Crippen MR) is 180 cm³/mol. The summed E-state index contributed by atoms with van der Waals surface area (Å²) in [7, 11) is 0. The molecule has 0 radical (unpaired) electrons. The summed E-state index contributed by atoms with van der Waals surface area (Å²) in [6, 6.07) is 52.1. The fourth-order valence-corrected chi connectivity index (χ4v) is 5.64. The van der Waals surface area contributed by atoms with Crippen LogP contribution >= 0.6 is 0 Å². The summed E-state index contributed by atoms with van der Waals surface area (Å²) in [6.07, 6.45) is 1.83. The standard InChI is InChI=1S/C40H26N4/c1-3-9-28(10-4-1)36-26-37(44-40(43-36)32-11-5-2-6-12-32)29-18-16-27(17-19-29)33-13-7-14-34(25-33)35-23-22-31-21-20-30-15-8-24-41-38(30)39(31)42-35/h1-26H. The zero-order valence-electron chi connectivity index (χ0n) is 23.8. The summed E-state index contributed by atoms with van der Waals surface area (Å²) in [5.41, 5.74) is 11.0. The SMILES string of the molecule is c1ccc(-c2cc(-c3ccc(-c4cccc(-c5ccc6ccc7cccnc7c6n5)c4)cc3)nc(-c3ccccc3)n2)cc1. The molecule has 0 fully saturated rings. The van der Waals surface area contributed by atoms with Gasteiger partial charge in [0.2, 0.25) is 0 Å². The molecule has 0 amide bonds. The fourth-order valence-electron chi connectivity index (χ4n) is 5.64. The molecule has 0 saturated heterocycles. The van der Waals surface area contributed by atoms with Crippen LogP contribution in [-0.2, 0) is 0 Å². The van der Waals surface area contributed by atoms with E-state index in [0.717, 1.165) is 72.3 Å². The molecule has 3 heterocycles. The van der Waals surface area contributed by atoms with Crippen LogP contribution in [0.25, 0.3) is 78.1 Å². The first-order valence-corrected chi connectivity index (χ1v) is 14.6. The number of pyridine rings is 2. The minimum Gasteiger partial charge on any atom is -0.254 e. The van der Waals surface area contributed by atoms with Crippen LogP contribution in [0.1, 0.15) is 0 Å². The van der Waals surface area contributed by atoms with Gasteiger partial charge in [0.25, 0.3) is 0 Å². The van der Waals surface area contributed by atoms with Crippen LogP contribution in [0.3, 0.4) is 0 Å². The Hall–Kier alpha value is -6.00. The molecule has 3 aromatic heterocycles. The van der Waals surface area contributed by atoms with Gasteiger partial charge in [0.05, 0.1) is 28.1 Å². The van der Waals surface area contributed by atoms with Gasteiger partial charge in [0, 0.05) is 39.2 Å². The van der Waals surface area contributed by atoms with Crippen LogP contribution in [0.5, 0.6) is 0 Å². The highest BCUT2D eigenvalue weighted by Crippen LogP contribution is 2.32. The molecule has 8 rings (SSSR count). The van der Waals surface area contributed by atoms with Crippen molar-refractivity contribution in [2.24, 2.45) is 0 Å². The van der Waals surface area contributed by atoms with Crippen LogP contribution in [-0.4, -0.2) is 19.9 Å². The summed E-state index contributed by atoms with van der Waals surface area (Å²) in [5, 5.41) is 2.18. The maximum atomic E-state index is 5.05. The van der Waals surface area contributed by atoms with Crippen molar-refractivity contribution >= 4 is 21.8 Å². The van der Waals surface area contributed by atoms with Gasteiger partial charge in [-0.05, 0) is 35.4 Å². The van der Waals surface area contributed by atoms with Gasteiger partial charge in [-0.15, -0.1) is 0 Å². The van der Waals surface area contributed by atoms with Crippen molar-refractivity contribution in [3.8, 4) is 56.3 Å². The normalized spacial score (nSPS) is 11.2. The highest BCUT2D eigenvalue weighted by Gasteiger charge is 2.12. The van der Waals surface area contributed by atoms with Crippen molar-refractivity contribution in [3.63, 3.8) is 0 Å². The molecular formula is C40H26N4. The van der Waals surface area contributed by atoms with E-state index in [9.17, 15) is 0 Å². The summed E-state index contributed by atoms with van der Waals surface area (Å²) in [5.74, 6) is 0.713. The average Bonchev–Trinajstić information content (AvgIpc) is 3.12. The largest absolute Gasteiger partial charge is 0.254 e. The van der Waals surface area contributed by atoms with E-state index in [0.29, 0.717) is 5.82 Å². The first-order chi connectivity index (χ1) is 21.8. The lowest BCUT2D eigenvalue weighted by Crippen LogP contribution is -1.95. The Balaban J connectivity index is 1.15. The molecule has 0 aliphatic rings. The molecule has 206 valence electrons. The molecule has 0 unspecified atom stereocenters. The van der Waals surface area contributed by atoms with Gasteiger partial charge in [-0.2, -0.15) is 0 Å². The Morgan fingerprint density at radius 2 is 0.909 bits per heavy atom. The Morgan fingerprint density at radius 1 is 0.318 bits per heavy atom. The monoisotopic (exact) mass is 562 g/mol. The molecule has 0 aliphatic heterocycles. The molecule has 0 atom stereocenters. The molecule has 4 nitrogen and oxygen atoms in total. The summed E-state index contributed by atoms with van der Waals surface area (Å²) in [6.45, 7) is 0. The summed E-state index contributed by atoms with van der Waals surface area (Å²) < 4.78 is 0. The number of fused-ring (bicyclic) bond motifs is 3. The number of rotatable bonds is 5. The fraction of sp³-hybridized carbons (Fsp3) is 0. The van der Waals surface area contributed by atoms with Crippen molar-refractivity contribution in [3.05, 3.63) is 158 Å². The summed E-state index contributed by atoms with van der Waals surface area (Å²) in [4.78, 5) is 19.6. The van der Waals surface area contributed by atoms with Gasteiger partial charge in [-0.3, -0.25) is 4.98 Å². The van der Waals surface area contributed by atoms with Gasteiger partial charge in [0.15, 0.2) is 5.82 Å². The van der Waals surface area contributed by atoms with Crippen LogP contribution in [0.2, 0.25) is 0 Å². The predicted octanol–water partition coefficient (Wildman–Crippen LogP) is 9.91. The molecular weight excluding hydrogens is 536 g/mol. The molecule has 0 aliphatic carbocycles. The average molecular weight is 563 g/mol. The summed E-state index contributed by atoms with van der Waals surface area (Å²) >= 11 is 0. The number of aromatic nitrogens is 4. The van der Waals surface area contributed by atoms with Gasteiger partial charge >= 0.3 is 0 Å². The van der Waals surface area contributed by atoms with Crippen molar-refractivity contribution in [1.82, 2.24) is 19.9 Å². The second kappa shape index (κ2) is 11.0. The van der Waals surface area contributed by atoms with E-state index in [-0.39, 0.29) is 0 Å². The maximum absolute atomic E-state index is 5.05. The van der Waals surface area contributed by atoms with Gasteiger partial charge in [-0.1, -0.05) is 127 Å². The van der Waals surface area contributed by atoms with E-state index < -0.39 is 0 Å². The van der Waals surface area contributed by atoms with Crippen molar-refractivity contribution in [2.75, 3.05) is 0 Å². The maximum Gasteiger partial charge on any atom is 0.160 e. The highest BCUT2D eigenvalue weighted by molar-refractivity contribution is 6.03. The minimum atomic E-state index is 0.713. The third kappa shape index (κ3) is 4.89. The molecule has 8 aromatic rings. The first-order valence-electron chi connectivity index (χ1n) is 14.6. The Labute approximate surface area is 255 Å². The molecule has 5 aromatic carbocycles. The van der Waals surface area contributed by atoms with Crippen LogP contribution in [0.4, 0.5) is 0 Å². The first kappa shape index (κ1) is 25.7. The lowest BCUT2D eigenvalue weighted by Gasteiger charge is -2.11. The second-order valence-corrected chi connectivity index (χ2v) is 10.8. The Morgan fingerprint density at radius 3 is 1.66 bits per heavy atom. The lowest BCUT2D eigenvalue weighted by atomic mass is 9.99. The molecule has 0 saturated carbocycles. The van der Waals surface area contributed by atoms with Gasteiger partial charge in [-0.25, -0.2) is 15.0 Å². The third-order valence-corrected chi connectivity index (χ3v) is 7.93. The zero-order chi connectivity index (χ0) is 29.3. The number of nitrogens with zero attached hydrogens (tertiary/aromatic N) is 4.